The highest BCUT2D eigenvalue weighted by atomic mass is 16.5. The Morgan fingerprint density at radius 2 is 1.90 bits per heavy atom. The molecule has 20 heavy (non-hydrogen) atoms. The Hall–Kier alpha value is -1.80. The lowest BCUT2D eigenvalue weighted by Gasteiger charge is -2.25. The van der Waals surface area contributed by atoms with Gasteiger partial charge in [0.1, 0.15) is 5.75 Å². The predicted molar refractivity (Wildman–Crippen MR) is 82.0 cm³/mol. The van der Waals surface area contributed by atoms with Crippen molar-refractivity contribution >= 4 is 0 Å². The molecule has 0 bridgehead atoms. The smallest absolute Gasteiger partial charge is 0.127 e. The molecule has 2 N–H and O–H groups in total. The van der Waals surface area contributed by atoms with Gasteiger partial charge in [-0.2, -0.15) is 0 Å². The molecule has 1 aliphatic rings. The van der Waals surface area contributed by atoms with Crippen LogP contribution >= 0.6 is 0 Å². The normalized spacial score (nSPS) is 16.3. The van der Waals surface area contributed by atoms with Crippen molar-refractivity contribution in [3.05, 3.63) is 65.2 Å². The fourth-order valence-corrected chi connectivity index (χ4v) is 3.12. The lowest BCUT2D eigenvalue weighted by Crippen LogP contribution is -2.20. The first-order valence-electron chi connectivity index (χ1n) is 7.36. The van der Waals surface area contributed by atoms with Crippen LogP contribution in [0.2, 0.25) is 0 Å². The molecule has 0 fully saturated rings. The van der Waals surface area contributed by atoms with Gasteiger partial charge in [0, 0.05) is 23.9 Å². The summed E-state index contributed by atoms with van der Waals surface area (Å²) in [4.78, 5) is 0. The van der Waals surface area contributed by atoms with E-state index in [2.05, 4.69) is 49.4 Å². The number of ether oxygens (including phenoxy) is 1. The number of nitrogens with two attached hydrogens (primary N) is 1. The molecule has 2 aromatic carbocycles. The number of benzene rings is 2. The van der Waals surface area contributed by atoms with Crippen molar-refractivity contribution in [2.45, 2.75) is 31.7 Å². The molecule has 2 aromatic rings. The first-order valence-corrected chi connectivity index (χ1v) is 7.36. The Bertz CT molecular complexity index is 579. The second kappa shape index (κ2) is 5.68. The maximum atomic E-state index is 6.57. The summed E-state index contributed by atoms with van der Waals surface area (Å²) in [5.41, 5.74) is 10.3. The van der Waals surface area contributed by atoms with Gasteiger partial charge in [-0.3, -0.25) is 0 Å². The highest BCUT2D eigenvalue weighted by molar-refractivity contribution is 5.46. The summed E-state index contributed by atoms with van der Waals surface area (Å²) >= 11 is 0. The van der Waals surface area contributed by atoms with Crippen LogP contribution in [-0.2, 0) is 6.42 Å². The molecule has 2 atom stereocenters. The Labute approximate surface area is 120 Å². The standard InChI is InChI=1S/C18H21NO/c1-2-15(13-7-4-3-5-8-13)17(19)16-10-6-9-14-11-12-20-18(14)16/h3-10,15,17H,2,11-12,19H2,1H3. The van der Waals surface area contributed by atoms with Gasteiger partial charge in [-0.15, -0.1) is 0 Å². The molecule has 104 valence electrons. The van der Waals surface area contributed by atoms with Gasteiger partial charge >= 0.3 is 0 Å². The highest BCUT2D eigenvalue weighted by Crippen LogP contribution is 2.39. The Morgan fingerprint density at radius 1 is 1.10 bits per heavy atom. The van der Waals surface area contributed by atoms with E-state index in [1.165, 1.54) is 11.1 Å². The van der Waals surface area contributed by atoms with Crippen molar-refractivity contribution in [2.75, 3.05) is 6.61 Å². The molecule has 0 aliphatic carbocycles. The first kappa shape index (κ1) is 13.2. The van der Waals surface area contributed by atoms with E-state index in [-0.39, 0.29) is 6.04 Å². The van der Waals surface area contributed by atoms with Crippen LogP contribution in [0.15, 0.2) is 48.5 Å². The lowest BCUT2D eigenvalue weighted by atomic mass is 9.85. The second-order valence-corrected chi connectivity index (χ2v) is 5.39. The van der Waals surface area contributed by atoms with Crippen molar-refractivity contribution in [3.8, 4) is 5.75 Å². The zero-order valence-corrected chi connectivity index (χ0v) is 11.9. The summed E-state index contributed by atoms with van der Waals surface area (Å²) in [6.45, 7) is 2.97. The molecule has 1 heterocycles. The minimum atomic E-state index is -0.0181. The quantitative estimate of drug-likeness (QED) is 0.914. The van der Waals surface area contributed by atoms with Crippen LogP contribution in [0.25, 0.3) is 0 Å². The van der Waals surface area contributed by atoms with Gasteiger partial charge < -0.3 is 10.5 Å². The van der Waals surface area contributed by atoms with E-state index in [4.69, 9.17) is 10.5 Å². The summed E-state index contributed by atoms with van der Waals surface area (Å²) in [6, 6.07) is 16.9. The molecule has 0 aromatic heterocycles. The molecular formula is C18H21NO. The van der Waals surface area contributed by atoms with E-state index in [9.17, 15) is 0 Å². The van der Waals surface area contributed by atoms with Crippen LogP contribution in [0, 0.1) is 0 Å². The van der Waals surface area contributed by atoms with E-state index in [0.717, 1.165) is 30.8 Å². The van der Waals surface area contributed by atoms with Crippen molar-refractivity contribution < 1.29 is 4.74 Å². The maximum Gasteiger partial charge on any atom is 0.127 e. The van der Waals surface area contributed by atoms with E-state index >= 15 is 0 Å². The summed E-state index contributed by atoms with van der Waals surface area (Å²) in [5.74, 6) is 1.35. The van der Waals surface area contributed by atoms with Crippen LogP contribution in [0.3, 0.4) is 0 Å². The zero-order chi connectivity index (χ0) is 13.9. The Kier molecular flexibility index (Phi) is 3.75. The third-order valence-corrected chi connectivity index (χ3v) is 4.20. The van der Waals surface area contributed by atoms with Gasteiger partial charge in [0.2, 0.25) is 0 Å². The Balaban J connectivity index is 1.95. The topological polar surface area (TPSA) is 35.2 Å². The lowest BCUT2D eigenvalue weighted by molar-refractivity contribution is 0.348. The summed E-state index contributed by atoms with van der Waals surface area (Å²) in [7, 11) is 0. The van der Waals surface area contributed by atoms with Crippen LogP contribution in [-0.4, -0.2) is 6.61 Å². The zero-order valence-electron chi connectivity index (χ0n) is 11.9. The van der Waals surface area contributed by atoms with Crippen molar-refractivity contribution in [1.82, 2.24) is 0 Å². The maximum absolute atomic E-state index is 6.57. The number of hydrogen-bond donors (Lipinski definition) is 1. The molecule has 0 radical (unpaired) electrons. The van der Waals surface area contributed by atoms with Crippen molar-refractivity contribution in [2.24, 2.45) is 5.73 Å². The predicted octanol–water partition coefficient (Wildman–Crippen LogP) is 3.82. The van der Waals surface area contributed by atoms with Crippen molar-refractivity contribution in [1.29, 1.82) is 0 Å². The fourth-order valence-electron chi connectivity index (χ4n) is 3.12. The fraction of sp³-hybridized carbons (Fsp3) is 0.333. The third-order valence-electron chi connectivity index (χ3n) is 4.20. The van der Waals surface area contributed by atoms with Crippen molar-refractivity contribution in [3.63, 3.8) is 0 Å². The molecular weight excluding hydrogens is 246 g/mol. The number of fused-ring (bicyclic) bond motifs is 1. The average molecular weight is 267 g/mol. The molecule has 0 saturated carbocycles. The highest BCUT2D eigenvalue weighted by Gasteiger charge is 2.25. The van der Waals surface area contributed by atoms with Gasteiger partial charge in [-0.25, -0.2) is 0 Å². The second-order valence-electron chi connectivity index (χ2n) is 5.39. The van der Waals surface area contributed by atoms with E-state index in [1.54, 1.807) is 0 Å². The van der Waals surface area contributed by atoms with Gasteiger partial charge in [-0.05, 0) is 17.5 Å². The first-order chi connectivity index (χ1) is 9.81. The monoisotopic (exact) mass is 267 g/mol. The van der Waals surface area contributed by atoms with Gasteiger partial charge in [0.15, 0.2) is 0 Å². The molecule has 2 unspecified atom stereocenters. The molecule has 2 nitrogen and oxygen atoms in total. The average Bonchev–Trinajstić information content (AvgIpc) is 2.97. The number of hydrogen-bond acceptors (Lipinski definition) is 2. The summed E-state index contributed by atoms with van der Waals surface area (Å²) in [6.07, 6.45) is 2.02. The molecule has 1 aliphatic heterocycles. The SMILES string of the molecule is CCC(c1ccccc1)C(N)c1cccc2c1OCC2. The van der Waals surface area contributed by atoms with Gasteiger partial charge in [0.05, 0.1) is 6.61 Å². The van der Waals surface area contributed by atoms with E-state index in [0.29, 0.717) is 5.92 Å². The number of rotatable bonds is 4. The molecule has 0 spiro atoms. The van der Waals surface area contributed by atoms with E-state index in [1.807, 2.05) is 6.07 Å². The largest absolute Gasteiger partial charge is 0.493 e. The summed E-state index contributed by atoms with van der Waals surface area (Å²) < 4.78 is 5.80. The van der Waals surface area contributed by atoms with Gasteiger partial charge in [-0.1, -0.05) is 55.5 Å². The minimum Gasteiger partial charge on any atom is -0.493 e. The molecule has 0 amide bonds. The summed E-state index contributed by atoms with van der Waals surface area (Å²) in [5, 5.41) is 0. The van der Waals surface area contributed by atoms with Crippen LogP contribution in [0.4, 0.5) is 0 Å². The molecule has 3 rings (SSSR count). The van der Waals surface area contributed by atoms with Crippen LogP contribution < -0.4 is 10.5 Å². The Morgan fingerprint density at radius 3 is 2.65 bits per heavy atom. The van der Waals surface area contributed by atoms with Crippen LogP contribution in [0.1, 0.15) is 42.0 Å². The minimum absolute atomic E-state index is 0.0181. The van der Waals surface area contributed by atoms with Gasteiger partial charge in [0.25, 0.3) is 0 Å². The molecule has 2 heteroatoms. The van der Waals surface area contributed by atoms with E-state index < -0.39 is 0 Å². The number of para-hydroxylation sites is 1. The molecule has 0 saturated heterocycles. The third kappa shape index (κ3) is 2.32. The van der Waals surface area contributed by atoms with Crippen LogP contribution in [0.5, 0.6) is 5.75 Å².